The Balaban J connectivity index is 1.60. The number of ketones is 1. The number of nitrogen functional groups attached to an aromatic ring is 1. The predicted molar refractivity (Wildman–Crippen MR) is 129 cm³/mol. The molecule has 0 radical (unpaired) electrons. The van der Waals surface area contributed by atoms with Crippen LogP contribution in [0.25, 0.3) is 11.0 Å². The number of halogens is 1. The number of pyridine rings is 1. The average Bonchev–Trinajstić information content (AvgIpc) is 3.17. The van der Waals surface area contributed by atoms with E-state index in [2.05, 4.69) is 25.6 Å². The number of hydrogen-bond donors (Lipinski definition) is 3. The second-order valence-electron chi connectivity index (χ2n) is 7.80. The number of urea groups is 1. The van der Waals surface area contributed by atoms with Crippen LogP contribution in [-0.4, -0.2) is 31.3 Å². The minimum absolute atomic E-state index is 0.0676. The van der Waals surface area contributed by atoms with Gasteiger partial charge in [0.2, 0.25) is 0 Å². The summed E-state index contributed by atoms with van der Waals surface area (Å²) in [4.78, 5) is 38.3. The van der Waals surface area contributed by atoms with E-state index in [9.17, 15) is 9.59 Å². The van der Waals surface area contributed by atoms with E-state index >= 15 is 0 Å². The van der Waals surface area contributed by atoms with E-state index in [0.29, 0.717) is 32.9 Å². The molecular weight excluding hydrogens is 442 g/mol. The Hall–Kier alpha value is -3.98. The van der Waals surface area contributed by atoms with Crippen molar-refractivity contribution < 1.29 is 9.59 Å². The van der Waals surface area contributed by atoms with Gasteiger partial charge in [0.25, 0.3) is 0 Å². The van der Waals surface area contributed by atoms with Crippen LogP contribution in [0.1, 0.15) is 41.4 Å². The van der Waals surface area contributed by atoms with Gasteiger partial charge in [-0.2, -0.15) is 0 Å². The molecule has 1 aromatic carbocycles. The minimum Gasteiger partial charge on any atom is -0.383 e. The van der Waals surface area contributed by atoms with Crippen LogP contribution in [0, 0.1) is 6.92 Å². The highest BCUT2D eigenvalue weighted by Gasteiger charge is 2.22. The molecule has 0 aliphatic rings. The summed E-state index contributed by atoms with van der Waals surface area (Å²) in [5, 5.41) is 6.47. The fourth-order valence-electron chi connectivity index (χ4n) is 3.51. The normalized spacial score (nSPS) is 11.1. The third kappa shape index (κ3) is 4.49. The van der Waals surface area contributed by atoms with Gasteiger partial charge in [-0.1, -0.05) is 11.6 Å². The summed E-state index contributed by atoms with van der Waals surface area (Å²) in [7, 11) is 0. The molecule has 0 fully saturated rings. The van der Waals surface area contributed by atoms with Gasteiger partial charge in [0, 0.05) is 34.7 Å². The van der Waals surface area contributed by atoms with Crippen molar-refractivity contribution in [1.29, 1.82) is 0 Å². The number of aromatic nitrogens is 4. The molecule has 0 unspecified atom stereocenters. The molecule has 9 nitrogen and oxygen atoms in total. The third-order valence-electron chi connectivity index (χ3n) is 5.14. The number of benzene rings is 1. The number of rotatable bonds is 5. The number of carbonyl (C=O) groups is 2. The predicted octanol–water partition coefficient (Wildman–Crippen LogP) is 4.83. The van der Waals surface area contributed by atoms with E-state index in [1.165, 1.54) is 18.6 Å². The van der Waals surface area contributed by atoms with Gasteiger partial charge in [0.1, 0.15) is 23.6 Å². The van der Waals surface area contributed by atoms with Crippen molar-refractivity contribution in [2.75, 3.05) is 16.4 Å². The summed E-state index contributed by atoms with van der Waals surface area (Å²) >= 11 is 5.96. The molecular formula is C23H22ClN7O2. The van der Waals surface area contributed by atoms with Gasteiger partial charge < -0.3 is 15.6 Å². The third-order valence-corrected chi connectivity index (χ3v) is 5.38. The Bertz CT molecular complexity index is 1380. The fraction of sp³-hybridized carbons (Fsp3) is 0.174. The lowest BCUT2D eigenvalue weighted by atomic mass is 10.0. The van der Waals surface area contributed by atoms with Crippen molar-refractivity contribution in [2.24, 2.45) is 0 Å². The van der Waals surface area contributed by atoms with Crippen LogP contribution in [0.3, 0.4) is 0 Å². The molecule has 0 saturated heterocycles. The van der Waals surface area contributed by atoms with Crippen LogP contribution < -0.4 is 16.4 Å². The monoisotopic (exact) mass is 463 g/mol. The lowest BCUT2D eigenvalue weighted by Gasteiger charge is -2.10. The summed E-state index contributed by atoms with van der Waals surface area (Å²) < 4.78 is 1.88. The highest BCUT2D eigenvalue weighted by molar-refractivity contribution is 6.30. The van der Waals surface area contributed by atoms with Crippen LogP contribution in [0.15, 0.2) is 49.1 Å². The van der Waals surface area contributed by atoms with Crippen molar-refractivity contribution in [3.05, 3.63) is 70.8 Å². The number of amides is 2. The van der Waals surface area contributed by atoms with E-state index in [1.54, 1.807) is 30.5 Å². The Morgan fingerprint density at radius 1 is 1.09 bits per heavy atom. The maximum Gasteiger partial charge on any atom is 0.324 e. The fourth-order valence-corrected chi connectivity index (χ4v) is 3.73. The maximum absolute atomic E-state index is 13.4. The molecule has 0 bridgehead atoms. The van der Waals surface area contributed by atoms with Gasteiger partial charge in [-0.05, 0) is 56.7 Å². The molecule has 10 heteroatoms. The van der Waals surface area contributed by atoms with Crippen LogP contribution >= 0.6 is 11.6 Å². The molecule has 0 spiro atoms. The number of nitrogens with two attached hydrogens (primary N) is 1. The molecule has 33 heavy (non-hydrogen) atoms. The van der Waals surface area contributed by atoms with Gasteiger partial charge in [0.15, 0.2) is 5.78 Å². The van der Waals surface area contributed by atoms with Gasteiger partial charge in [-0.15, -0.1) is 0 Å². The summed E-state index contributed by atoms with van der Waals surface area (Å²) in [5.41, 5.74) is 8.82. The molecule has 4 N–H and O–H groups in total. The first-order chi connectivity index (χ1) is 15.7. The summed E-state index contributed by atoms with van der Waals surface area (Å²) in [6.07, 6.45) is 4.56. The van der Waals surface area contributed by atoms with Crippen LogP contribution in [0.4, 0.5) is 22.1 Å². The molecule has 0 atom stereocenters. The van der Waals surface area contributed by atoms with E-state index < -0.39 is 6.03 Å². The average molecular weight is 464 g/mol. The van der Waals surface area contributed by atoms with E-state index in [4.69, 9.17) is 17.3 Å². The van der Waals surface area contributed by atoms with Crippen LogP contribution in [0.5, 0.6) is 0 Å². The van der Waals surface area contributed by atoms with E-state index in [0.717, 1.165) is 5.56 Å². The Kier molecular flexibility index (Phi) is 5.97. The first-order valence-corrected chi connectivity index (χ1v) is 10.6. The van der Waals surface area contributed by atoms with Crippen molar-refractivity contribution in [3.8, 4) is 0 Å². The highest BCUT2D eigenvalue weighted by Crippen LogP contribution is 2.28. The smallest absolute Gasteiger partial charge is 0.324 e. The maximum atomic E-state index is 13.4. The van der Waals surface area contributed by atoms with Gasteiger partial charge >= 0.3 is 6.03 Å². The second kappa shape index (κ2) is 8.87. The van der Waals surface area contributed by atoms with Crippen molar-refractivity contribution in [1.82, 2.24) is 19.5 Å². The quantitative estimate of drug-likeness (QED) is 0.364. The lowest BCUT2D eigenvalue weighted by Crippen LogP contribution is -2.20. The molecule has 2 amide bonds. The Morgan fingerprint density at radius 2 is 1.88 bits per heavy atom. The topological polar surface area (TPSA) is 128 Å². The van der Waals surface area contributed by atoms with Gasteiger partial charge in [-0.25, -0.2) is 19.7 Å². The van der Waals surface area contributed by atoms with Crippen molar-refractivity contribution >= 4 is 51.8 Å². The Labute approximate surface area is 195 Å². The first kappa shape index (κ1) is 22.2. The number of carbonyl (C=O) groups excluding carboxylic acids is 2. The number of fused-ring (bicyclic) bond motifs is 1. The molecule has 4 rings (SSSR count). The standard InChI is InChI=1S/C23H22ClN7O2/c1-12(2)31-10-16(19-21(25)27-11-28-22(19)31)20(32)14-6-7-26-18(9-14)30-23(33)29-17-5-4-15(24)8-13(17)3/h4-12H,1-3H3,(H2,25,27,28)(H2,26,29,30,33). The largest absolute Gasteiger partial charge is 0.383 e. The molecule has 0 aliphatic carbocycles. The van der Waals surface area contributed by atoms with Gasteiger partial charge in [-0.3, -0.25) is 10.1 Å². The lowest BCUT2D eigenvalue weighted by molar-refractivity contribution is 0.104. The molecule has 3 heterocycles. The Morgan fingerprint density at radius 3 is 2.61 bits per heavy atom. The molecule has 4 aromatic rings. The summed E-state index contributed by atoms with van der Waals surface area (Å²) in [6.45, 7) is 5.81. The first-order valence-electron chi connectivity index (χ1n) is 10.2. The zero-order valence-electron chi connectivity index (χ0n) is 18.3. The van der Waals surface area contributed by atoms with Crippen LogP contribution in [-0.2, 0) is 0 Å². The molecule has 0 aliphatic heterocycles. The van der Waals surface area contributed by atoms with E-state index in [1.807, 2.05) is 25.3 Å². The SMILES string of the molecule is Cc1cc(Cl)ccc1NC(=O)Nc1cc(C(=O)c2cn(C(C)C)c3ncnc(N)c23)ccn1. The molecule has 0 saturated carbocycles. The zero-order valence-corrected chi connectivity index (χ0v) is 19.0. The number of nitrogens with one attached hydrogen (secondary N) is 2. The molecule has 168 valence electrons. The second-order valence-corrected chi connectivity index (χ2v) is 8.23. The molecule has 3 aromatic heterocycles. The number of aryl methyl sites for hydroxylation is 1. The van der Waals surface area contributed by atoms with Crippen LogP contribution in [0.2, 0.25) is 5.02 Å². The highest BCUT2D eigenvalue weighted by atomic mass is 35.5. The number of anilines is 3. The zero-order chi connectivity index (χ0) is 23.7. The number of hydrogen-bond acceptors (Lipinski definition) is 6. The van der Waals surface area contributed by atoms with Crippen molar-refractivity contribution in [2.45, 2.75) is 26.8 Å². The summed E-state index contributed by atoms with van der Waals surface area (Å²) in [5.74, 6) is 0.176. The summed E-state index contributed by atoms with van der Waals surface area (Å²) in [6, 6.07) is 7.80. The number of nitrogens with zero attached hydrogens (tertiary/aromatic N) is 4. The van der Waals surface area contributed by atoms with Gasteiger partial charge in [0.05, 0.1) is 10.9 Å². The minimum atomic E-state index is -0.494. The van der Waals surface area contributed by atoms with E-state index in [-0.39, 0.29) is 23.5 Å². The van der Waals surface area contributed by atoms with Crippen molar-refractivity contribution in [3.63, 3.8) is 0 Å².